The molecule has 0 saturated heterocycles. The highest BCUT2D eigenvalue weighted by atomic mass is 16.5. The highest BCUT2D eigenvalue weighted by Crippen LogP contribution is 2.11. The van der Waals surface area contributed by atoms with E-state index in [1.54, 1.807) is 0 Å². The zero-order valence-electron chi connectivity index (χ0n) is 9.63. The van der Waals surface area contributed by atoms with Crippen molar-refractivity contribution >= 4 is 5.91 Å². The minimum Gasteiger partial charge on any atom is -0.394 e. The van der Waals surface area contributed by atoms with Crippen LogP contribution in [0.4, 0.5) is 0 Å². The van der Waals surface area contributed by atoms with Crippen molar-refractivity contribution in [2.24, 2.45) is 5.73 Å². The van der Waals surface area contributed by atoms with Crippen LogP contribution < -0.4 is 11.1 Å². The molecule has 17 heavy (non-hydrogen) atoms. The lowest BCUT2D eigenvalue weighted by Gasteiger charge is -2.16. The topological polar surface area (TPSA) is 84.6 Å². The Bertz CT molecular complexity index is 330. The van der Waals surface area contributed by atoms with Crippen LogP contribution in [-0.2, 0) is 9.53 Å². The lowest BCUT2D eigenvalue weighted by Crippen LogP contribution is -2.34. The number of hydrogen-bond acceptors (Lipinski definition) is 4. The summed E-state index contributed by atoms with van der Waals surface area (Å²) in [5, 5.41) is 11.9. The summed E-state index contributed by atoms with van der Waals surface area (Å²) >= 11 is 0. The van der Waals surface area contributed by atoms with Gasteiger partial charge in [0.2, 0.25) is 5.91 Å². The van der Waals surface area contributed by atoms with Gasteiger partial charge in [-0.3, -0.25) is 4.79 Å². The van der Waals surface area contributed by atoms with Gasteiger partial charge < -0.3 is 20.9 Å². The number of aliphatic hydroxyl groups excluding tert-OH is 1. The Morgan fingerprint density at radius 3 is 2.71 bits per heavy atom. The maximum absolute atomic E-state index is 11.5. The second kappa shape index (κ2) is 7.78. The molecule has 0 aliphatic heterocycles. The number of aliphatic hydroxyl groups is 1. The Hall–Kier alpha value is -1.43. The van der Waals surface area contributed by atoms with Crippen LogP contribution in [-0.4, -0.2) is 37.4 Å². The number of amides is 1. The van der Waals surface area contributed by atoms with Crippen LogP contribution in [0.3, 0.4) is 0 Å². The monoisotopic (exact) mass is 238 g/mol. The summed E-state index contributed by atoms with van der Waals surface area (Å²) in [6.45, 7) is 0.547. The molecule has 0 aliphatic carbocycles. The van der Waals surface area contributed by atoms with E-state index in [0.29, 0.717) is 13.2 Å². The molecule has 0 unspecified atom stereocenters. The van der Waals surface area contributed by atoms with Crippen LogP contribution in [0, 0.1) is 0 Å². The molecule has 5 nitrogen and oxygen atoms in total. The standard InChI is InChI=1S/C12H18N2O3/c13-6-7-17-9-12(16)14-11(8-15)10-4-2-1-3-5-10/h1-5,11,15H,6-9,13H2,(H,14,16)/t11-/m0/s1. The summed E-state index contributed by atoms with van der Waals surface area (Å²) in [5.41, 5.74) is 6.10. The van der Waals surface area contributed by atoms with Gasteiger partial charge in [0.05, 0.1) is 19.3 Å². The number of nitrogens with one attached hydrogen (secondary N) is 1. The molecule has 94 valence electrons. The van der Waals surface area contributed by atoms with Gasteiger partial charge in [-0.25, -0.2) is 0 Å². The average molecular weight is 238 g/mol. The summed E-state index contributed by atoms with van der Waals surface area (Å²) in [4.78, 5) is 11.5. The van der Waals surface area contributed by atoms with Crippen molar-refractivity contribution < 1.29 is 14.6 Å². The van der Waals surface area contributed by atoms with Crippen LogP contribution in [0.25, 0.3) is 0 Å². The Labute approximate surface area is 101 Å². The van der Waals surface area contributed by atoms with E-state index in [-0.39, 0.29) is 19.1 Å². The fourth-order valence-corrected chi connectivity index (χ4v) is 1.40. The second-order valence-corrected chi connectivity index (χ2v) is 3.55. The number of rotatable bonds is 7. The van der Waals surface area contributed by atoms with Crippen molar-refractivity contribution in [3.63, 3.8) is 0 Å². The Morgan fingerprint density at radius 2 is 2.12 bits per heavy atom. The second-order valence-electron chi connectivity index (χ2n) is 3.55. The van der Waals surface area contributed by atoms with Gasteiger partial charge in [-0.15, -0.1) is 0 Å². The van der Waals surface area contributed by atoms with Crippen LogP contribution in [0.2, 0.25) is 0 Å². The summed E-state index contributed by atoms with van der Waals surface area (Å²) in [6, 6.07) is 8.89. The van der Waals surface area contributed by atoms with Crippen LogP contribution >= 0.6 is 0 Å². The van der Waals surface area contributed by atoms with Gasteiger partial charge in [0.1, 0.15) is 6.61 Å². The smallest absolute Gasteiger partial charge is 0.246 e. The molecule has 0 aromatic heterocycles. The molecule has 0 fully saturated rings. The van der Waals surface area contributed by atoms with E-state index < -0.39 is 6.04 Å². The quantitative estimate of drug-likeness (QED) is 0.575. The van der Waals surface area contributed by atoms with Gasteiger partial charge in [-0.05, 0) is 5.56 Å². The molecule has 1 atom stereocenters. The molecule has 1 amide bonds. The lowest BCUT2D eigenvalue weighted by molar-refractivity contribution is -0.126. The van der Waals surface area contributed by atoms with E-state index in [1.165, 1.54) is 0 Å². The van der Waals surface area contributed by atoms with Crippen LogP contribution in [0.5, 0.6) is 0 Å². The summed E-state index contributed by atoms with van der Waals surface area (Å²) in [5.74, 6) is -0.263. The number of benzene rings is 1. The normalized spacial score (nSPS) is 12.1. The first-order chi connectivity index (χ1) is 8.27. The summed E-state index contributed by atoms with van der Waals surface area (Å²) < 4.78 is 5.01. The van der Waals surface area contributed by atoms with Gasteiger partial charge in [0, 0.05) is 6.54 Å². The average Bonchev–Trinajstić information content (AvgIpc) is 2.37. The summed E-state index contributed by atoms with van der Waals surface area (Å²) in [7, 11) is 0. The first-order valence-corrected chi connectivity index (χ1v) is 5.51. The molecular weight excluding hydrogens is 220 g/mol. The van der Waals surface area contributed by atoms with Gasteiger partial charge in [0.25, 0.3) is 0 Å². The van der Waals surface area contributed by atoms with Crippen molar-refractivity contribution in [3.8, 4) is 0 Å². The SMILES string of the molecule is NCCOCC(=O)N[C@@H](CO)c1ccccc1. The number of hydrogen-bond donors (Lipinski definition) is 3. The van der Waals surface area contributed by atoms with E-state index >= 15 is 0 Å². The third kappa shape index (κ3) is 4.95. The molecule has 1 aromatic rings. The largest absolute Gasteiger partial charge is 0.394 e. The molecule has 0 aliphatic rings. The number of carbonyl (C=O) groups is 1. The van der Waals surface area contributed by atoms with E-state index in [4.69, 9.17) is 10.5 Å². The van der Waals surface area contributed by atoms with Gasteiger partial charge >= 0.3 is 0 Å². The number of nitrogens with two attached hydrogens (primary N) is 1. The van der Waals surface area contributed by atoms with Crippen molar-refractivity contribution in [2.45, 2.75) is 6.04 Å². The van der Waals surface area contributed by atoms with Crippen molar-refractivity contribution in [1.82, 2.24) is 5.32 Å². The van der Waals surface area contributed by atoms with Crippen molar-refractivity contribution in [2.75, 3.05) is 26.4 Å². The molecule has 4 N–H and O–H groups in total. The minimum absolute atomic E-state index is 0.0411. The van der Waals surface area contributed by atoms with Gasteiger partial charge in [0.15, 0.2) is 0 Å². The van der Waals surface area contributed by atoms with Crippen LogP contribution in [0.1, 0.15) is 11.6 Å². The summed E-state index contributed by atoms with van der Waals surface area (Å²) in [6.07, 6.45) is 0. The third-order valence-corrected chi connectivity index (χ3v) is 2.22. The highest BCUT2D eigenvalue weighted by Gasteiger charge is 2.12. The third-order valence-electron chi connectivity index (χ3n) is 2.22. The molecule has 1 rings (SSSR count). The van der Waals surface area contributed by atoms with E-state index in [1.807, 2.05) is 30.3 Å². The zero-order chi connectivity index (χ0) is 12.5. The Kier molecular flexibility index (Phi) is 6.24. The highest BCUT2D eigenvalue weighted by molar-refractivity contribution is 5.77. The molecule has 0 heterocycles. The minimum atomic E-state index is -0.398. The first-order valence-electron chi connectivity index (χ1n) is 5.51. The molecule has 0 saturated carbocycles. The molecule has 0 bridgehead atoms. The maximum atomic E-state index is 11.5. The maximum Gasteiger partial charge on any atom is 0.246 e. The van der Waals surface area contributed by atoms with Gasteiger partial charge in [-0.1, -0.05) is 30.3 Å². The van der Waals surface area contributed by atoms with Crippen LogP contribution in [0.15, 0.2) is 30.3 Å². The number of ether oxygens (including phenoxy) is 1. The Balaban J connectivity index is 2.44. The van der Waals surface area contributed by atoms with E-state index in [2.05, 4.69) is 5.32 Å². The fraction of sp³-hybridized carbons (Fsp3) is 0.417. The van der Waals surface area contributed by atoms with Crippen molar-refractivity contribution in [3.05, 3.63) is 35.9 Å². The van der Waals surface area contributed by atoms with E-state index in [9.17, 15) is 9.90 Å². The molecule has 1 aromatic carbocycles. The van der Waals surface area contributed by atoms with Crippen molar-refractivity contribution in [1.29, 1.82) is 0 Å². The number of carbonyl (C=O) groups excluding carboxylic acids is 1. The molecular formula is C12H18N2O3. The predicted molar refractivity (Wildman–Crippen MR) is 64.3 cm³/mol. The zero-order valence-corrected chi connectivity index (χ0v) is 9.63. The van der Waals surface area contributed by atoms with Gasteiger partial charge in [-0.2, -0.15) is 0 Å². The van der Waals surface area contributed by atoms with E-state index in [0.717, 1.165) is 5.56 Å². The molecule has 0 spiro atoms. The Morgan fingerprint density at radius 1 is 1.41 bits per heavy atom. The molecule has 0 radical (unpaired) electrons. The lowest BCUT2D eigenvalue weighted by atomic mass is 10.1. The molecule has 5 heteroatoms. The fourth-order valence-electron chi connectivity index (χ4n) is 1.40. The predicted octanol–water partition coefficient (Wildman–Crippen LogP) is -0.188. The first kappa shape index (κ1) is 13.6.